The number of phenolic OH excluding ortho intramolecular Hbond substituents is 1. The molecule has 0 aliphatic rings. The summed E-state index contributed by atoms with van der Waals surface area (Å²) < 4.78 is 6.51. The fourth-order valence-corrected chi connectivity index (χ4v) is 3.72. The third-order valence-corrected chi connectivity index (χ3v) is 5.58. The molecule has 0 atom stereocenters. The van der Waals surface area contributed by atoms with Gasteiger partial charge in [-0.3, -0.25) is 9.59 Å². The quantitative estimate of drug-likeness (QED) is 0.193. The first kappa shape index (κ1) is 26.8. The molecule has 0 saturated carbocycles. The van der Waals surface area contributed by atoms with Gasteiger partial charge in [-0.1, -0.05) is 44.0 Å². The van der Waals surface area contributed by atoms with E-state index in [0.717, 1.165) is 8.95 Å². The van der Waals surface area contributed by atoms with Gasteiger partial charge >= 0.3 is 5.97 Å². The van der Waals surface area contributed by atoms with Crippen LogP contribution in [0.1, 0.15) is 49.1 Å². The number of esters is 1. The Hall–Kier alpha value is -3.83. The fourth-order valence-electron chi connectivity index (χ4n) is 2.92. The summed E-state index contributed by atoms with van der Waals surface area (Å²) >= 11 is 6.59. The topological polar surface area (TPSA) is 129 Å². The number of ether oxygens (including phenoxy) is 1. The summed E-state index contributed by atoms with van der Waals surface area (Å²) in [5.41, 5.74) is 5.84. The van der Waals surface area contributed by atoms with Crippen LogP contribution in [0, 0.1) is 0 Å². The summed E-state index contributed by atoms with van der Waals surface area (Å²) in [5.74, 6) is -1.83. The lowest BCUT2D eigenvalue weighted by molar-refractivity contribution is 0.0526. The van der Waals surface area contributed by atoms with E-state index in [-0.39, 0.29) is 29.0 Å². The lowest BCUT2D eigenvalue weighted by Crippen LogP contribution is -2.18. The van der Waals surface area contributed by atoms with Gasteiger partial charge in [0.25, 0.3) is 11.8 Å². The SMILES string of the molecule is CCOC(=O)c1cc(/C=N\NC(=O)c2cccc(Br)c2)c(O)c(/C=N\NC(=O)c2cccc(Br)c2)c1. The predicted octanol–water partition coefficient (Wildman–Crippen LogP) is 4.62. The highest BCUT2D eigenvalue weighted by molar-refractivity contribution is 9.10. The number of halogens is 2. The van der Waals surface area contributed by atoms with Crippen molar-refractivity contribution in [2.24, 2.45) is 10.2 Å². The van der Waals surface area contributed by atoms with E-state index in [4.69, 9.17) is 4.74 Å². The molecule has 11 heteroatoms. The number of nitrogens with one attached hydrogen (secondary N) is 2. The maximum absolute atomic E-state index is 12.3. The molecule has 0 aliphatic heterocycles. The second-order valence-corrected chi connectivity index (χ2v) is 8.97. The Balaban J connectivity index is 1.82. The number of rotatable bonds is 8. The number of carbonyl (C=O) groups excluding carboxylic acids is 3. The summed E-state index contributed by atoms with van der Waals surface area (Å²) in [6.45, 7) is 1.82. The van der Waals surface area contributed by atoms with E-state index in [0.29, 0.717) is 11.1 Å². The third-order valence-electron chi connectivity index (χ3n) is 4.59. The van der Waals surface area contributed by atoms with Crippen LogP contribution in [0.4, 0.5) is 0 Å². The van der Waals surface area contributed by atoms with Gasteiger partial charge in [-0.2, -0.15) is 10.2 Å². The van der Waals surface area contributed by atoms with Crippen molar-refractivity contribution in [3.8, 4) is 5.75 Å². The average molecular weight is 616 g/mol. The van der Waals surface area contributed by atoms with Crippen molar-refractivity contribution in [1.82, 2.24) is 10.9 Å². The lowest BCUT2D eigenvalue weighted by Gasteiger charge is -2.08. The van der Waals surface area contributed by atoms with E-state index in [1.54, 1.807) is 55.5 Å². The number of benzene rings is 3. The molecular weight excluding hydrogens is 596 g/mol. The number of amides is 2. The summed E-state index contributed by atoms with van der Waals surface area (Å²) in [4.78, 5) is 36.9. The van der Waals surface area contributed by atoms with E-state index in [9.17, 15) is 19.5 Å². The zero-order valence-corrected chi connectivity index (χ0v) is 22.0. The minimum absolute atomic E-state index is 0.120. The molecule has 2 amide bonds. The van der Waals surface area contributed by atoms with Gasteiger partial charge in [0.2, 0.25) is 0 Å². The summed E-state index contributed by atoms with van der Waals surface area (Å²) in [6, 6.07) is 16.2. The molecule has 0 aromatic heterocycles. The van der Waals surface area contributed by atoms with E-state index >= 15 is 0 Å². The fraction of sp³-hybridized carbons (Fsp3) is 0.0800. The molecule has 3 aromatic carbocycles. The van der Waals surface area contributed by atoms with Crippen LogP contribution >= 0.6 is 31.9 Å². The Labute approximate surface area is 223 Å². The van der Waals surface area contributed by atoms with Gasteiger partial charge in [-0.05, 0) is 55.5 Å². The molecule has 0 fully saturated rings. The Morgan fingerprint density at radius 3 is 1.72 bits per heavy atom. The van der Waals surface area contributed by atoms with E-state index in [1.807, 2.05) is 0 Å². The van der Waals surface area contributed by atoms with Crippen molar-refractivity contribution < 1.29 is 24.2 Å². The monoisotopic (exact) mass is 614 g/mol. The molecule has 0 saturated heterocycles. The standard InChI is InChI=1S/C25H20Br2N4O5/c1-2-36-25(35)17-9-18(13-28-30-23(33)15-5-3-7-20(26)11-15)22(32)19(10-17)14-29-31-24(34)16-6-4-8-21(27)12-16/h3-14,32H,2H2,1H3,(H,30,33)(H,31,34)/b28-13-,29-14-. The lowest BCUT2D eigenvalue weighted by atomic mass is 10.0. The Kier molecular flexibility index (Phi) is 9.48. The first-order valence-electron chi connectivity index (χ1n) is 10.5. The van der Waals surface area contributed by atoms with Crippen LogP contribution in [0.5, 0.6) is 5.75 Å². The number of phenols is 1. The first-order chi connectivity index (χ1) is 17.3. The molecule has 0 aliphatic carbocycles. The van der Waals surface area contributed by atoms with Crippen LogP contribution in [0.25, 0.3) is 0 Å². The number of hydrazone groups is 2. The summed E-state index contributed by atoms with van der Waals surface area (Å²) in [7, 11) is 0. The van der Waals surface area contributed by atoms with Gasteiger partial charge in [0.15, 0.2) is 0 Å². The maximum atomic E-state index is 12.3. The molecule has 36 heavy (non-hydrogen) atoms. The Bertz CT molecular complexity index is 1270. The zero-order valence-electron chi connectivity index (χ0n) is 18.9. The minimum atomic E-state index is -0.627. The van der Waals surface area contributed by atoms with Crippen molar-refractivity contribution in [2.75, 3.05) is 6.61 Å². The van der Waals surface area contributed by atoms with Crippen LogP contribution in [0.3, 0.4) is 0 Å². The van der Waals surface area contributed by atoms with Crippen molar-refractivity contribution in [3.63, 3.8) is 0 Å². The maximum Gasteiger partial charge on any atom is 0.338 e. The van der Waals surface area contributed by atoms with Gasteiger partial charge in [-0.15, -0.1) is 0 Å². The molecule has 9 nitrogen and oxygen atoms in total. The summed E-state index contributed by atoms with van der Waals surface area (Å²) in [6.07, 6.45) is 2.37. The zero-order chi connectivity index (χ0) is 26.1. The van der Waals surface area contributed by atoms with Crippen LogP contribution in [-0.2, 0) is 4.74 Å². The van der Waals surface area contributed by atoms with Crippen LogP contribution in [0.15, 0.2) is 79.8 Å². The Morgan fingerprint density at radius 1 is 0.833 bits per heavy atom. The molecule has 184 valence electrons. The van der Waals surface area contributed by atoms with Gasteiger partial charge < -0.3 is 9.84 Å². The highest BCUT2D eigenvalue weighted by Crippen LogP contribution is 2.23. The van der Waals surface area contributed by atoms with Gasteiger partial charge in [-0.25, -0.2) is 15.6 Å². The first-order valence-corrected chi connectivity index (χ1v) is 12.1. The molecule has 0 heterocycles. The normalized spacial score (nSPS) is 11.0. The molecule has 3 aromatic rings. The molecule has 0 radical (unpaired) electrons. The van der Waals surface area contributed by atoms with E-state index < -0.39 is 17.8 Å². The van der Waals surface area contributed by atoms with Crippen LogP contribution in [-0.4, -0.2) is 41.9 Å². The molecular formula is C25H20Br2N4O5. The number of aromatic hydroxyl groups is 1. The number of carbonyl (C=O) groups is 3. The molecule has 3 N–H and O–H groups in total. The number of hydrogen-bond acceptors (Lipinski definition) is 7. The summed E-state index contributed by atoms with van der Waals surface area (Å²) in [5, 5.41) is 18.5. The highest BCUT2D eigenvalue weighted by atomic mass is 79.9. The Morgan fingerprint density at radius 2 is 1.31 bits per heavy atom. The third kappa shape index (κ3) is 7.33. The van der Waals surface area contributed by atoms with Gasteiger partial charge in [0.05, 0.1) is 24.6 Å². The van der Waals surface area contributed by atoms with E-state index in [2.05, 4.69) is 52.9 Å². The van der Waals surface area contributed by atoms with Crippen molar-refractivity contribution in [1.29, 1.82) is 0 Å². The van der Waals surface area contributed by atoms with Crippen LogP contribution in [0.2, 0.25) is 0 Å². The molecule has 3 rings (SSSR count). The minimum Gasteiger partial charge on any atom is -0.507 e. The number of nitrogens with zero attached hydrogens (tertiary/aromatic N) is 2. The molecule has 0 spiro atoms. The van der Waals surface area contributed by atoms with Gasteiger partial charge in [0, 0.05) is 31.2 Å². The van der Waals surface area contributed by atoms with Crippen molar-refractivity contribution in [3.05, 3.63) is 97.4 Å². The number of hydrogen-bond donors (Lipinski definition) is 3. The second kappa shape index (κ2) is 12.8. The second-order valence-electron chi connectivity index (χ2n) is 7.14. The van der Waals surface area contributed by atoms with Crippen molar-refractivity contribution >= 4 is 62.1 Å². The molecule has 0 bridgehead atoms. The highest BCUT2D eigenvalue weighted by Gasteiger charge is 2.14. The average Bonchev–Trinajstić information content (AvgIpc) is 2.85. The molecule has 0 unspecified atom stereocenters. The largest absolute Gasteiger partial charge is 0.507 e. The van der Waals surface area contributed by atoms with Crippen molar-refractivity contribution in [2.45, 2.75) is 6.92 Å². The smallest absolute Gasteiger partial charge is 0.338 e. The van der Waals surface area contributed by atoms with Crippen LogP contribution < -0.4 is 10.9 Å². The van der Waals surface area contributed by atoms with E-state index in [1.165, 1.54) is 24.6 Å². The predicted molar refractivity (Wildman–Crippen MR) is 142 cm³/mol. The van der Waals surface area contributed by atoms with Gasteiger partial charge in [0.1, 0.15) is 5.75 Å².